The van der Waals surface area contributed by atoms with Gasteiger partial charge in [-0.3, -0.25) is 0 Å². The highest BCUT2D eigenvalue weighted by molar-refractivity contribution is 7.98. The van der Waals surface area contributed by atoms with Crippen LogP contribution in [0, 0.1) is 0 Å². The molecule has 0 aliphatic heterocycles. The van der Waals surface area contributed by atoms with Crippen molar-refractivity contribution in [2.45, 2.75) is 18.2 Å². The fraction of sp³-hybridized carbons (Fsp3) is 0.211. The van der Waals surface area contributed by atoms with E-state index in [-0.39, 0.29) is 5.16 Å². The Morgan fingerprint density at radius 3 is 2.64 bits per heavy atom. The van der Waals surface area contributed by atoms with Gasteiger partial charge < -0.3 is 9.47 Å². The monoisotopic (exact) mass is 404 g/mol. The summed E-state index contributed by atoms with van der Waals surface area (Å²) in [6, 6.07) is 14.8. The highest BCUT2D eigenvalue weighted by Crippen LogP contribution is 2.23. The number of alkyl halides is 2. The fourth-order valence-electron chi connectivity index (χ4n) is 2.44. The van der Waals surface area contributed by atoms with Gasteiger partial charge in [-0.25, -0.2) is 8.78 Å². The van der Waals surface area contributed by atoms with Gasteiger partial charge in [-0.1, -0.05) is 30.0 Å². The van der Waals surface area contributed by atoms with Gasteiger partial charge in [0.1, 0.15) is 18.1 Å². The van der Waals surface area contributed by atoms with Gasteiger partial charge >= 0.3 is 0 Å². The third-order valence-corrected chi connectivity index (χ3v) is 4.40. The van der Waals surface area contributed by atoms with Gasteiger partial charge in [-0.05, 0) is 42.2 Å². The molecule has 0 aliphatic carbocycles. The van der Waals surface area contributed by atoms with Crippen LogP contribution in [0.15, 0.2) is 58.8 Å². The van der Waals surface area contributed by atoms with Crippen molar-refractivity contribution in [3.8, 4) is 11.5 Å². The van der Waals surface area contributed by atoms with E-state index in [1.165, 1.54) is 18.0 Å². The molecule has 3 aromatic rings. The largest absolute Gasteiger partial charge is 0.496 e. The van der Waals surface area contributed by atoms with Crippen molar-refractivity contribution < 1.29 is 18.3 Å². The number of halogens is 2. The SMILES string of the molecule is COc1ccc(C=Nn2c(SC)nnc2C(F)F)cc1COc1ccccc1. The highest BCUT2D eigenvalue weighted by Gasteiger charge is 2.19. The van der Waals surface area contributed by atoms with E-state index in [4.69, 9.17) is 9.47 Å². The number of aromatic nitrogens is 3. The number of rotatable bonds is 8. The molecule has 0 unspecified atom stereocenters. The van der Waals surface area contributed by atoms with Crippen molar-refractivity contribution in [1.82, 2.24) is 14.9 Å². The lowest BCUT2D eigenvalue weighted by Gasteiger charge is -2.11. The number of para-hydroxylation sites is 1. The molecule has 0 spiro atoms. The van der Waals surface area contributed by atoms with Gasteiger partial charge in [0.2, 0.25) is 11.0 Å². The molecule has 0 saturated heterocycles. The average Bonchev–Trinajstić information content (AvgIpc) is 3.14. The summed E-state index contributed by atoms with van der Waals surface area (Å²) < 4.78 is 38.4. The Balaban J connectivity index is 1.83. The Bertz CT molecular complexity index is 948. The van der Waals surface area contributed by atoms with Crippen LogP contribution in [0.5, 0.6) is 11.5 Å². The molecule has 0 fully saturated rings. The lowest BCUT2D eigenvalue weighted by Crippen LogP contribution is -2.02. The summed E-state index contributed by atoms with van der Waals surface area (Å²) in [6.07, 6.45) is 0.425. The van der Waals surface area contributed by atoms with E-state index >= 15 is 0 Å². The molecular weight excluding hydrogens is 386 g/mol. The van der Waals surface area contributed by atoms with Crippen LogP contribution in [0.1, 0.15) is 23.4 Å². The fourth-order valence-corrected chi connectivity index (χ4v) is 2.88. The van der Waals surface area contributed by atoms with E-state index in [0.29, 0.717) is 17.9 Å². The first-order valence-electron chi connectivity index (χ1n) is 8.29. The Morgan fingerprint density at radius 1 is 1.18 bits per heavy atom. The van der Waals surface area contributed by atoms with E-state index in [1.807, 2.05) is 36.4 Å². The quantitative estimate of drug-likeness (QED) is 0.411. The molecular formula is C19H18F2N4O2S. The van der Waals surface area contributed by atoms with Crippen LogP contribution < -0.4 is 9.47 Å². The number of thioether (sulfide) groups is 1. The molecule has 0 saturated carbocycles. The molecule has 0 atom stereocenters. The minimum absolute atomic E-state index is 0.285. The molecule has 2 aromatic carbocycles. The maximum absolute atomic E-state index is 13.1. The van der Waals surface area contributed by atoms with Crippen molar-refractivity contribution in [2.75, 3.05) is 13.4 Å². The van der Waals surface area contributed by atoms with E-state index in [2.05, 4.69) is 15.3 Å². The summed E-state index contributed by atoms with van der Waals surface area (Å²) in [7, 11) is 1.58. The predicted octanol–water partition coefficient (Wildman–Crippen LogP) is 4.41. The molecule has 0 amide bonds. The van der Waals surface area contributed by atoms with Gasteiger partial charge in [0, 0.05) is 5.56 Å². The predicted molar refractivity (Wildman–Crippen MR) is 104 cm³/mol. The normalized spacial score (nSPS) is 11.3. The number of benzene rings is 2. The molecule has 6 nitrogen and oxygen atoms in total. The van der Waals surface area contributed by atoms with Crippen LogP contribution in [-0.4, -0.2) is 34.5 Å². The third-order valence-electron chi connectivity index (χ3n) is 3.78. The molecule has 146 valence electrons. The van der Waals surface area contributed by atoms with Gasteiger partial charge in [0.05, 0.1) is 13.3 Å². The second-order valence-corrected chi connectivity index (χ2v) is 6.35. The van der Waals surface area contributed by atoms with Crippen molar-refractivity contribution in [3.63, 3.8) is 0 Å². The summed E-state index contributed by atoms with van der Waals surface area (Å²) in [5.41, 5.74) is 1.51. The first kappa shape index (κ1) is 19.8. The summed E-state index contributed by atoms with van der Waals surface area (Å²) >= 11 is 1.19. The Morgan fingerprint density at radius 2 is 1.96 bits per heavy atom. The second kappa shape index (κ2) is 9.32. The van der Waals surface area contributed by atoms with E-state index < -0.39 is 12.2 Å². The van der Waals surface area contributed by atoms with Gasteiger partial charge in [0.15, 0.2) is 0 Å². The molecule has 9 heteroatoms. The van der Waals surface area contributed by atoms with Crippen LogP contribution in [0.25, 0.3) is 0 Å². The molecule has 1 aromatic heterocycles. The summed E-state index contributed by atoms with van der Waals surface area (Å²) in [5.74, 6) is 0.900. The molecule has 0 N–H and O–H groups in total. The van der Waals surface area contributed by atoms with Gasteiger partial charge in [-0.15, -0.1) is 10.2 Å². The van der Waals surface area contributed by atoms with E-state index in [9.17, 15) is 8.78 Å². The van der Waals surface area contributed by atoms with Crippen LogP contribution >= 0.6 is 11.8 Å². The van der Waals surface area contributed by atoms with Gasteiger partial charge in [-0.2, -0.15) is 9.78 Å². The summed E-state index contributed by atoms with van der Waals surface area (Å²) in [4.78, 5) is 0. The lowest BCUT2D eigenvalue weighted by molar-refractivity contribution is 0.135. The van der Waals surface area contributed by atoms with Crippen molar-refractivity contribution in [1.29, 1.82) is 0 Å². The molecule has 0 radical (unpaired) electrons. The maximum Gasteiger partial charge on any atom is 0.299 e. The summed E-state index contributed by atoms with van der Waals surface area (Å²) in [5, 5.41) is 11.6. The minimum atomic E-state index is -2.77. The molecule has 0 aliphatic rings. The zero-order valence-corrected chi connectivity index (χ0v) is 16.1. The van der Waals surface area contributed by atoms with Gasteiger partial charge in [0.25, 0.3) is 6.43 Å². The van der Waals surface area contributed by atoms with Crippen molar-refractivity contribution >= 4 is 18.0 Å². The number of methoxy groups -OCH3 is 1. The van der Waals surface area contributed by atoms with Crippen molar-refractivity contribution in [3.05, 3.63) is 65.5 Å². The minimum Gasteiger partial charge on any atom is -0.496 e. The third kappa shape index (κ3) is 4.66. The molecule has 28 heavy (non-hydrogen) atoms. The zero-order chi connectivity index (χ0) is 19.9. The zero-order valence-electron chi connectivity index (χ0n) is 15.3. The van der Waals surface area contributed by atoms with E-state index in [0.717, 1.165) is 16.0 Å². The van der Waals surface area contributed by atoms with Crippen LogP contribution in [0.3, 0.4) is 0 Å². The Hall–Kier alpha value is -2.94. The summed E-state index contributed by atoms with van der Waals surface area (Å²) in [6.45, 7) is 0.292. The molecule has 0 bridgehead atoms. The lowest BCUT2D eigenvalue weighted by atomic mass is 10.1. The smallest absolute Gasteiger partial charge is 0.299 e. The molecule has 3 rings (SSSR count). The van der Waals surface area contributed by atoms with Crippen LogP contribution in [0.4, 0.5) is 8.78 Å². The highest BCUT2D eigenvalue weighted by atomic mass is 32.2. The Kier molecular flexibility index (Phi) is 6.59. The maximum atomic E-state index is 13.1. The average molecular weight is 404 g/mol. The standard InChI is InChI=1S/C19H18F2N4O2S/c1-26-16-9-8-13(10-14(16)12-27-15-6-4-3-5-7-15)11-22-25-18(17(20)21)23-24-19(25)28-2/h3-11,17H,12H2,1-2H3. The number of hydrogen-bond acceptors (Lipinski definition) is 6. The first-order chi connectivity index (χ1) is 13.6. The number of nitrogens with zero attached hydrogens (tertiary/aromatic N) is 4. The van der Waals surface area contributed by atoms with Crippen LogP contribution in [-0.2, 0) is 6.61 Å². The van der Waals surface area contributed by atoms with Crippen molar-refractivity contribution in [2.24, 2.45) is 5.10 Å². The number of hydrogen-bond donors (Lipinski definition) is 0. The second-order valence-electron chi connectivity index (χ2n) is 5.57. The molecule has 1 heterocycles. The first-order valence-corrected chi connectivity index (χ1v) is 9.51. The topological polar surface area (TPSA) is 61.5 Å². The van der Waals surface area contributed by atoms with E-state index in [1.54, 1.807) is 25.5 Å². The Labute approximate surface area is 165 Å². The number of ether oxygens (including phenoxy) is 2. The van der Waals surface area contributed by atoms with Crippen LogP contribution in [0.2, 0.25) is 0 Å².